The van der Waals surface area contributed by atoms with Crippen molar-refractivity contribution in [2.24, 2.45) is 0 Å². The predicted octanol–water partition coefficient (Wildman–Crippen LogP) is -0.231. The van der Waals surface area contributed by atoms with Crippen molar-refractivity contribution in [2.75, 3.05) is 0 Å². The Kier molecular flexibility index (Phi) is 66.6. The van der Waals surface area contributed by atoms with Crippen LogP contribution in [-0.2, 0) is 31.7 Å². The summed E-state index contributed by atoms with van der Waals surface area (Å²) in [4.78, 5) is 0. The van der Waals surface area contributed by atoms with Crippen molar-refractivity contribution in [1.29, 1.82) is 0 Å². The van der Waals surface area contributed by atoms with Gasteiger partial charge in [-0.25, -0.2) is 0 Å². The van der Waals surface area contributed by atoms with Crippen molar-refractivity contribution in [1.82, 2.24) is 0 Å². The van der Waals surface area contributed by atoms with Crippen LogP contribution in [0.5, 0.6) is 0 Å². The van der Waals surface area contributed by atoms with E-state index in [2.05, 4.69) is 0 Å². The fourth-order valence-electron chi connectivity index (χ4n) is 0. The Balaban J connectivity index is -0.00000000500. The Morgan fingerprint density at radius 3 is 1.25 bits per heavy atom. The molecule has 0 rings (SSSR count). The molecule has 0 N–H and O–H groups in total. The molecule has 23 valence electrons. The van der Waals surface area contributed by atoms with Gasteiger partial charge in [0.1, 0.15) is 0 Å². The van der Waals surface area contributed by atoms with Gasteiger partial charge in [0.25, 0.3) is 0 Å². The van der Waals surface area contributed by atoms with Crippen molar-refractivity contribution < 1.29 is 71.3 Å². The van der Waals surface area contributed by atoms with Crippen LogP contribution in [0.15, 0.2) is 0 Å². The van der Waals surface area contributed by atoms with Crippen LogP contribution in [0.3, 0.4) is 0 Å². The minimum absolute atomic E-state index is 0. The first-order chi connectivity index (χ1) is 1.00. The number of halogens is 1. The van der Waals surface area contributed by atoms with Gasteiger partial charge in [0.2, 0.25) is 0 Å². The predicted molar refractivity (Wildman–Crippen MR) is 8.26 cm³/mol. The van der Waals surface area contributed by atoms with Crippen LogP contribution in [-0.4, -0.2) is 18.9 Å². The first-order valence-corrected chi connectivity index (χ1v) is 1.29. The minimum atomic E-state index is -0.150. The molecule has 0 aliphatic heterocycles. The molecular weight excluding hydrogens is 280 g/mol. The Bertz CT molecular complexity index is 8.00. The molecule has 4 heavy (non-hydrogen) atoms. The maximum atomic E-state index is 9.63. The van der Waals surface area contributed by atoms with Crippen LogP contribution >= 0.6 is 0 Å². The topological polar surface area (TPSA) is 0 Å². The van der Waals surface area contributed by atoms with Crippen molar-refractivity contribution >= 4 is 18.9 Å². The molecule has 0 atom stereocenters. The second-order valence-electron chi connectivity index (χ2n) is 0. The van der Waals surface area contributed by atoms with Gasteiger partial charge >= 0.3 is 52.4 Å². The summed E-state index contributed by atoms with van der Waals surface area (Å²) in [6.07, 6.45) is 0. The monoisotopic (exact) mass is 281 g/mol. The van der Waals surface area contributed by atoms with Crippen LogP contribution in [0.4, 0.5) is 1.92 Å². The standard InChI is InChI=1S/FH.Ho.Li.Y.H/h1H;;;;/q;;;+1;/p-1. The summed E-state index contributed by atoms with van der Waals surface area (Å²) in [5.41, 5.74) is 0. The van der Waals surface area contributed by atoms with E-state index in [0.29, 0.717) is 0 Å². The molecule has 0 fully saturated rings. The molecule has 0 aromatic heterocycles. The zero-order chi connectivity index (χ0) is 2.00. The average Bonchev–Trinajstić information content (AvgIpc) is 1.00. The van der Waals surface area contributed by atoms with E-state index < -0.39 is 0 Å². The molecular formula is HFHoLiY. The summed E-state index contributed by atoms with van der Waals surface area (Å²) < 4.78 is 9.63. The third-order valence-electron chi connectivity index (χ3n) is 0. The first kappa shape index (κ1) is 15.8. The van der Waals surface area contributed by atoms with Crippen LogP contribution in [0.2, 0.25) is 0 Å². The Labute approximate surface area is 88.1 Å². The van der Waals surface area contributed by atoms with E-state index in [9.17, 15) is 1.92 Å². The summed E-state index contributed by atoms with van der Waals surface area (Å²) >= 11 is -0.150. The fraction of sp³-hybridized carbons (Fsp3) is 0. The molecule has 0 aliphatic rings. The van der Waals surface area contributed by atoms with Gasteiger partial charge in [-0.1, -0.05) is 0 Å². The summed E-state index contributed by atoms with van der Waals surface area (Å²) in [5.74, 6) is 0. The fourth-order valence-corrected chi connectivity index (χ4v) is 0. The molecule has 0 saturated heterocycles. The molecule has 0 nitrogen and oxygen atoms in total. The normalized spacial score (nSPS) is 1.00. The third kappa shape index (κ3) is 8.86. The zero-order valence-electron chi connectivity index (χ0n) is 1.26. The summed E-state index contributed by atoms with van der Waals surface area (Å²) in [6, 6.07) is 0. The third-order valence-corrected chi connectivity index (χ3v) is 0. The van der Waals surface area contributed by atoms with Gasteiger partial charge < -0.3 is 0 Å². The van der Waals surface area contributed by atoms with Crippen LogP contribution in [0, 0.1) is 37.7 Å². The molecule has 0 aliphatic carbocycles. The van der Waals surface area contributed by atoms with Crippen LogP contribution < -0.4 is 0 Å². The Morgan fingerprint density at radius 1 is 1.25 bits per heavy atom. The molecule has 0 aromatic rings. The van der Waals surface area contributed by atoms with E-state index in [4.69, 9.17) is 0 Å². The molecule has 0 bridgehead atoms. The van der Waals surface area contributed by atoms with E-state index >= 15 is 0 Å². The van der Waals surface area contributed by atoms with Crippen LogP contribution in [0.25, 0.3) is 0 Å². The van der Waals surface area contributed by atoms with Crippen molar-refractivity contribution in [3.8, 4) is 0 Å². The van der Waals surface area contributed by atoms with Crippen molar-refractivity contribution in [3.05, 3.63) is 0 Å². The van der Waals surface area contributed by atoms with E-state index in [0.717, 1.165) is 0 Å². The summed E-state index contributed by atoms with van der Waals surface area (Å²) in [6.45, 7) is 0. The van der Waals surface area contributed by atoms with Gasteiger partial charge in [0.05, 0.1) is 0 Å². The summed E-state index contributed by atoms with van der Waals surface area (Å²) in [5, 5.41) is 0. The molecule has 0 aromatic carbocycles. The molecule has 1 radical (unpaired) electrons. The van der Waals surface area contributed by atoms with Crippen molar-refractivity contribution in [3.63, 3.8) is 0 Å². The van der Waals surface area contributed by atoms with Gasteiger partial charge in [-0.2, -0.15) is 0 Å². The molecule has 0 saturated carbocycles. The van der Waals surface area contributed by atoms with Gasteiger partial charge in [-0.05, 0) is 0 Å². The second kappa shape index (κ2) is 16.9. The first-order valence-electron chi connectivity index (χ1n) is 0.218. The molecule has 0 amide bonds. The van der Waals surface area contributed by atoms with Gasteiger partial charge in [-0.15, -0.1) is 0 Å². The van der Waals surface area contributed by atoms with E-state index in [-0.39, 0.29) is 88.3 Å². The van der Waals surface area contributed by atoms with Crippen LogP contribution in [0.1, 0.15) is 0 Å². The number of hydrogen-bond acceptors (Lipinski definition) is 0. The number of rotatable bonds is 0. The maximum absolute atomic E-state index is 9.63. The van der Waals surface area contributed by atoms with Gasteiger partial charge in [0, 0.05) is 37.7 Å². The molecule has 0 unspecified atom stereocenters. The molecule has 4 heteroatoms. The van der Waals surface area contributed by atoms with E-state index in [1.165, 1.54) is 0 Å². The molecule has 0 spiro atoms. The SMILES string of the molecule is [F][Y].[Ho].[LiH]. The Hall–Kier alpha value is 2.89. The van der Waals surface area contributed by atoms with Crippen molar-refractivity contribution in [2.45, 2.75) is 0 Å². The second-order valence-corrected chi connectivity index (χ2v) is 0. The quantitative estimate of drug-likeness (QED) is 0.538. The Morgan fingerprint density at radius 2 is 1.25 bits per heavy atom. The van der Waals surface area contributed by atoms with Gasteiger partial charge in [-0.3, -0.25) is 0 Å². The number of hydrogen-bond donors (Lipinski definition) is 0. The zero-order valence-corrected chi connectivity index (χ0v) is 6.03. The van der Waals surface area contributed by atoms with Gasteiger partial charge in [0.15, 0.2) is 0 Å². The average molecular weight is 281 g/mol. The van der Waals surface area contributed by atoms with E-state index in [1.54, 1.807) is 0 Å². The summed E-state index contributed by atoms with van der Waals surface area (Å²) in [7, 11) is 0. The van der Waals surface area contributed by atoms with E-state index in [1.807, 2.05) is 0 Å². The molecule has 0 heterocycles.